The van der Waals surface area contributed by atoms with E-state index < -0.39 is 0 Å². The molecule has 0 bridgehead atoms. The molecule has 68 valence electrons. The SMILES string of the molecule is COc1cc(CN)c(Cl)cn1.Cl. The highest BCUT2D eigenvalue weighted by Gasteiger charge is 2.00. The zero-order valence-electron chi connectivity index (χ0n) is 6.58. The van der Waals surface area contributed by atoms with Crippen LogP contribution < -0.4 is 10.5 Å². The van der Waals surface area contributed by atoms with Gasteiger partial charge in [-0.15, -0.1) is 12.4 Å². The molecule has 0 radical (unpaired) electrons. The van der Waals surface area contributed by atoms with E-state index in [9.17, 15) is 0 Å². The van der Waals surface area contributed by atoms with Crippen LogP contribution in [0.15, 0.2) is 12.3 Å². The number of methoxy groups -OCH3 is 1. The fourth-order valence-electron chi connectivity index (χ4n) is 0.727. The van der Waals surface area contributed by atoms with Crippen molar-refractivity contribution in [3.8, 4) is 5.88 Å². The summed E-state index contributed by atoms with van der Waals surface area (Å²) in [6, 6.07) is 1.72. The van der Waals surface area contributed by atoms with Crippen molar-refractivity contribution in [1.82, 2.24) is 4.98 Å². The minimum absolute atomic E-state index is 0. The average Bonchev–Trinajstić information content (AvgIpc) is 2.05. The highest BCUT2D eigenvalue weighted by Crippen LogP contribution is 2.17. The number of nitrogens with two attached hydrogens (primary N) is 1. The van der Waals surface area contributed by atoms with Gasteiger partial charge in [-0.25, -0.2) is 4.98 Å². The minimum Gasteiger partial charge on any atom is -0.481 e. The Morgan fingerprint density at radius 3 is 2.83 bits per heavy atom. The Bertz CT molecular complexity index is 255. The third-order valence-corrected chi connectivity index (χ3v) is 1.68. The number of rotatable bonds is 2. The molecule has 0 saturated carbocycles. The summed E-state index contributed by atoms with van der Waals surface area (Å²) in [5, 5.41) is 0.577. The van der Waals surface area contributed by atoms with Crippen molar-refractivity contribution in [3.63, 3.8) is 0 Å². The lowest BCUT2D eigenvalue weighted by Crippen LogP contribution is -1.98. The molecule has 5 heteroatoms. The second-order valence-corrected chi connectivity index (χ2v) is 2.43. The molecule has 3 nitrogen and oxygen atoms in total. The van der Waals surface area contributed by atoms with Crippen molar-refractivity contribution in [3.05, 3.63) is 22.8 Å². The third kappa shape index (κ3) is 2.52. The largest absolute Gasteiger partial charge is 0.481 e. The first-order chi connectivity index (χ1) is 5.27. The molecule has 1 rings (SSSR count). The number of aromatic nitrogens is 1. The highest BCUT2D eigenvalue weighted by atomic mass is 35.5. The lowest BCUT2D eigenvalue weighted by atomic mass is 10.3. The summed E-state index contributed by atoms with van der Waals surface area (Å²) >= 11 is 5.76. The van der Waals surface area contributed by atoms with Crippen LogP contribution in [0.2, 0.25) is 5.02 Å². The quantitative estimate of drug-likeness (QED) is 0.805. The van der Waals surface area contributed by atoms with Crippen LogP contribution in [0.25, 0.3) is 0 Å². The van der Waals surface area contributed by atoms with E-state index in [1.54, 1.807) is 13.2 Å². The van der Waals surface area contributed by atoms with Crippen molar-refractivity contribution in [2.45, 2.75) is 6.54 Å². The van der Waals surface area contributed by atoms with Crippen LogP contribution in [0.1, 0.15) is 5.56 Å². The van der Waals surface area contributed by atoms with Crippen LogP contribution in [0.4, 0.5) is 0 Å². The molecule has 0 amide bonds. The van der Waals surface area contributed by atoms with Gasteiger partial charge < -0.3 is 10.5 Å². The molecule has 0 aromatic carbocycles. The summed E-state index contributed by atoms with van der Waals surface area (Å²) in [4.78, 5) is 3.90. The smallest absolute Gasteiger partial charge is 0.213 e. The van der Waals surface area contributed by atoms with Crippen LogP contribution in [0, 0.1) is 0 Å². The van der Waals surface area contributed by atoms with E-state index in [-0.39, 0.29) is 12.4 Å². The van der Waals surface area contributed by atoms with Crippen molar-refractivity contribution in [2.24, 2.45) is 5.73 Å². The van der Waals surface area contributed by atoms with E-state index in [2.05, 4.69) is 4.98 Å². The Kier molecular flexibility index (Phi) is 4.97. The average molecular weight is 209 g/mol. The van der Waals surface area contributed by atoms with Crippen LogP contribution in [0.3, 0.4) is 0 Å². The molecule has 0 fully saturated rings. The minimum atomic E-state index is 0. The van der Waals surface area contributed by atoms with E-state index in [0.29, 0.717) is 17.4 Å². The summed E-state index contributed by atoms with van der Waals surface area (Å²) in [6.45, 7) is 0.401. The summed E-state index contributed by atoms with van der Waals surface area (Å²) in [6.07, 6.45) is 1.53. The van der Waals surface area contributed by atoms with Gasteiger partial charge in [-0.1, -0.05) is 11.6 Å². The maximum absolute atomic E-state index is 5.76. The van der Waals surface area contributed by atoms with Crippen LogP contribution in [-0.2, 0) is 6.54 Å². The van der Waals surface area contributed by atoms with Crippen molar-refractivity contribution in [1.29, 1.82) is 0 Å². The zero-order chi connectivity index (χ0) is 8.27. The maximum atomic E-state index is 5.76. The van der Waals surface area contributed by atoms with Crippen LogP contribution in [0.5, 0.6) is 5.88 Å². The van der Waals surface area contributed by atoms with Crippen molar-refractivity contribution < 1.29 is 4.74 Å². The van der Waals surface area contributed by atoms with Gasteiger partial charge in [0.15, 0.2) is 0 Å². The van der Waals surface area contributed by atoms with E-state index in [1.165, 1.54) is 6.20 Å². The number of hydrogen-bond donors (Lipinski definition) is 1. The normalized spacial score (nSPS) is 8.92. The maximum Gasteiger partial charge on any atom is 0.213 e. The number of halogens is 2. The van der Waals surface area contributed by atoms with E-state index in [0.717, 1.165) is 5.56 Å². The molecule has 1 aromatic heterocycles. The second-order valence-electron chi connectivity index (χ2n) is 2.02. The van der Waals surface area contributed by atoms with Gasteiger partial charge in [0, 0.05) is 18.8 Å². The zero-order valence-corrected chi connectivity index (χ0v) is 8.15. The van der Waals surface area contributed by atoms with Crippen LogP contribution in [-0.4, -0.2) is 12.1 Å². The molecule has 0 saturated heterocycles. The monoisotopic (exact) mass is 208 g/mol. The molecule has 0 spiro atoms. The summed E-state index contributed by atoms with van der Waals surface area (Å²) in [7, 11) is 1.55. The Labute approximate surface area is 82.3 Å². The molecule has 0 unspecified atom stereocenters. The van der Waals surface area contributed by atoms with E-state index in [4.69, 9.17) is 22.1 Å². The van der Waals surface area contributed by atoms with Gasteiger partial charge in [-0.3, -0.25) is 0 Å². The molecule has 2 N–H and O–H groups in total. The highest BCUT2D eigenvalue weighted by molar-refractivity contribution is 6.31. The Morgan fingerprint density at radius 2 is 2.33 bits per heavy atom. The van der Waals surface area contributed by atoms with Gasteiger partial charge in [0.05, 0.1) is 12.1 Å². The topological polar surface area (TPSA) is 48.1 Å². The Hall–Kier alpha value is -0.510. The van der Waals surface area contributed by atoms with Crippen molar-refractivity contribution >= 4 is 24.0 Å². The summed E-state index contributed by atoms with van der Waals surface area (Å²) in [5.41, 5.74) is 6.25. The first-order valence-electron chi connectivity index (χ1n) is 3.16. The summed E-state index contributed by atoms with van der Waals surface area (Å²) in [5.74, 6) is 0.537. The Morgan fingerprint density at radius 1 is 1.67 bits per heavy atom. The predicted molar refractivity (Wildman–Crippen MR) is 50.9 cm³/mol. The summed E-state index contributed by atoms with van der Waals surface area (Å²) < 4.78 is 4.89. The van der Waals surface area contributed by atoms with Gasteiger partial charge >= 0.3 is 0 Å². The molecular formula is C7H10Cl2N2O. The number of pyridine rings is 1. The molecule has 12 heavy (non-hydrogen) atoms. The molecule has 1 aromatic rings. The van der Waals surface area contributed by atoms with Gasteiger partial charge in [0.1, 0.15) is 0 Å². The first-order valence-corrected chi connectivity index (χ1v) is 3.54. The lowest BCUT2D eigenvalue weighted by Gasteiger charge is -2.02. The standard InChI is InChI=1S/C7H9ClN2O.ClH/c1-11-7-2-5(3-9)6(8)4-10-7;/h2,4H,3,9H2,1H3;1H. The number of nitrogens with zero attached hydrogens (tertiary/aromatic N) is 1. The van der Waals surface area contributed by atoms with Gasteiger partial charge in [0.2, 0.25) is 5.88 Å². The molecule has 0 atom stereocenters. The van der Waals surface area contributed by atoms with E-state index in [1.807, 2.05) is 0 Å². The van der Waals surface area contributed by atoms with Crippen LogP contribution >= 0.6 is 24.0 Å². The molecular weight excluding hydrogens is 199 g/mol. The first kappa shape index (κ1) is 11.5. The van der Waals surface area contributed by atoms with E-state index >= 15 is 0 Å². The lowest BCUT2D eigenvalue weighted by molar-refractivity contribution is 0.397. The Balaban J connectivity index is 0.00000121. The molecule has 0 aliphatic rings. The predicted octanol–water partition coefficient (Wildman–Crippen LogP) is 1.62. The third-order valence-electron chi connectivity index (χ3n) is 1.34. The number of ether oxygens (including phenoxy) is 1. The molecule has 0 aliphatic carbocycles. The molecule has 0 aliphatic heterocycles. The van der Waals surface area contributed by atoms with Crippen molar-refractivity contribution in [2.75, 3.05) is 7.11 Å². The number of hydrogen-bond acceptors (Lipinski definition) is 3. The van der Waals surface area contributed by atoms with Gasteiger partial charge in [-0.2, -0.15) is 0 Å². The molecule has 1 heterocycles. The fraction of sp³-hybridized carbons (Fsp3) is 0.286. The second kappa shape index (κ2) is 5.19. The van der Waals surface area contributed by atoms with Gasteiger partial charge in [-0.05, 0) is 5.56 Å². The van der Waals surface area contributed by atoms with Gasteiger partial charge in [0.25, 0.3) is 0 Å². The fourth-order valence-corrected chi connectivity index (χ4v) is 0.907.